The molecule has 168 valence electrons. The summed E-state index contributed by atoms with van der Waals surface area (Å²) in [6, 6.07) is 12.4. The molecule has 0 unspecified atom stereocenters. The molecule has 0 radical (unpaired) electrons. The number of benzene rings is 2. The van der Waals surface area contributed by atoms with E-state index in [2.05, 4.69) is 19.7 Å². The zero-order chi connectivity index (χ0) is 23.1. The van der Waals surface area contributed by atoms with Crippen LogP contribution in [0.15, 0.2) is 53.4 Å². The summed E-state index contributed by atoms with van der Waals surface area (Å²) in [5.74, 6) is 0.698. The lowest BCUT2D eigenvalue weighted by Gasteiger charge is -2.10. The first-order valence-corrected chi connectivity index (χ1v) is 10.5. The number of hydrogen-bond acceptors (Lipinski definition) is 9. The quantitative estimate of drug-likeness (QED) is 0.350. The van der Waals surface area contributed by atoms with Gasteiger partial charge in [0.05, 0.1) is 11.5 Å². The lowest BCUT2D eigenvalue weighted by molar-refractivity contribution is 0.0125. The number of amides is 1. The molecule has 1 atom stereocenters. The zero-order valence-electron chi connectivity index (χ0n) is 16.8. The molecule has 1 amide bonds. The van der Waals surface area contributed by atoms with Crippen LogP contribution in [0.2, 0.25) is 0 Å². The molecule has 10 nitrogen and oxygen atoms in total. The van der Waals surface area contributed by atoms with Crippen LogP contribution in [0.1, 0.15) is 22.3 Å². The fourth-order valence-corrected chi connectivity index (χ4v) is 3.33. The Hall–Kier alpha value is -3.77. The minimum atomic E-state index is -2.28. The van der Waals surface area contributed by atoms with Gasteiger partial charge in [0.2, 0.25) is 17.0 Å². The van der Waals surface area contributed by atoms with Crippen LogP contribution in [-0.2, 0) is 21.9 Å². The second-order valence-electron chi connectivity index (χ2n) is 6.59. The van der Waals surface area contributed by atoms with Crippen molar-refractivity contribution in [2.75, 3.05) is 29.1 Å². The number of nitrogens with one attached hydrogen (secondary N) is 1. The molecular weight excluding hydrogens is 439 g/mol. The summed E-state index contributed by atoms with van der Waals surface area (Å²) in [5.41, 5.74) is 18.5. The van der Waals surface area contributed by atoms with Crippen molar-refractivity contribution in [1.29, 1.82) is 0 Å². The Kier molecular flexibility index (Phi) is 7.52. The average Bonchev–Trinajstić information content (AvgIpc) is 2.78. The first kappa shape index (κ1) is 22.9. The standard InChI is InChI=1S/C20H21FN6O4S/c21-31-32(29)15-4-1-3-12(11-15)19(28)25-13-6-8-14(9-7-13)30-10-2-5-16-17(22)26-20(24)27-18(16)23/h1,3-4,6-9,11H,2,5,10H2,(H,25,28)(H6,22,23,24,26,27)/t32-/m0/s1. The molecular formula is C20H21FN6O4S. The number of nitrogen functional groups attached to an aromatic ring is 3. The van der Waals surface area contributed by atoms with Crippen LogP contribution in [0.25, 0.3) is 0 Å². The molecule has 32 heavy (non-hydrogen) atoms. The maximum atomic E-state index is 12.4. The summed E-state index contributed by atoms with van der Waals surface area (Å²) >= 11 is -2.28. The Balaban J connectivity index is 1.51. The van der Waals surface area contributed by atoms with Crippen molar-refractivity contribution in [3.63, 3.8) is 0 Å². The number of nitrogens with two attached hydrogens (primary N) is 3. The molecule has 0 saturated heterocycles. The van der Waals surface area contributed by atoms with E-state index < -0.39 is 17.0 Å². The van der Waals surface area contributed by atoms with Gasteiger partial charge in [-0.1, -0.05) is 10.5 Å². The Bertz CT molecular complexity index is 1110. The minimum absolute atomic E-state index is 0.0311. The van der Waals surface area contributed by atoms with E-state index in [-0.39, 0.29) is 28.0 Å². The summed E-state index contributed by atoms with van der Waals surface area (Å²) in [5, 5.41) is 2.70. The van der Waals surface area contributed by atoms with Crippen molar-refractivity contribution in [3.05, 3.63) is 59.7 Å². The lowest BCUT2D eigenvalue weighted by atomic mass is 10.1. The number of carbonyl (C=O) groups excluding carboxylic acids is 1. The molecule has 3 rings (SSSR count). The third-order valence-corrected chi connectivity index (χ3v) is 5.14. The van der Waals surface area contributed by atoms with Crippen LogP contribution in [0.5, 0.6) is 5.75 Å². The molecule has 7 N–H and O–H groups in total. The minimum Gasteiger partial charge on any atom is -0.494 e. The van der Waals surface area contributed by atoms with Crippen molar-refractivity contribution in [2.24, 2.45) is 0 Å². The number of nitrogens with zero attached hydrogens (tertiary/aromatic N) is 2. The predicted molar refractivity (Wildman–Crippen MR) is 119 cm³/mol. The third kappa shape index (κ3) is 5.89. The number of halogens is 1. The van der Waals surface area contributed by atoms with Gasteiger partial charge in [0.1, 0.15) is 17.4 Å². The SMILES string of the molecule is Nc1nc(N)c(CCCOc2ccc(NC(=O)c3cccc([S@@](=O)OF)c3)cc2)c(N)n1. The molecule has 0 aliphatic heterocycles. The lowest BCUT2D eigenvalue weighted by Crippen LogP contribution is -2.12. The second kappa shape index (κ2) is 10.5. The van der Waals surface area contributed by atoms with Crippen LogP contribution in [0.3, 0.4) is 0 Å². The van der Waals surface area contributed by atoms with Crippen LogP contribution < -0.4 is 27.3 Å². The number of anilines is 4. The molecule has 0 fully saturated rings. The highest BCUT2D eigenvalue weighted by atomic mass is 32.2. The number of hydrogen-bond donors (Lipinski definition) is 4. The topological polar surface area (TPSA) is 168 Å². The van der Waals surface area contributed by atoms with E-state index >= 15 is 0 Å². The molecule has 0 aliphatic rings. The summed E-state index contributed by atoms with van der Waals surface area (Å²) in [7, 11) is 0. The first-order valence-electron chi connectivity index (χ1n) is 9.40. The summed E-state index contributed by atoms with van der Waals surface area (Å²) < 4.78 is 32.4. The normalized spacial score (nSPS) is 11.7. The van der Waals surface area contributed by atoms with Gasteiger partial charge >= 0.3 is 0 Å². The van der Waals surface area contributed by atoms with Crippen molar-refractivity contribution < 1.29 is 22.7 Å². The highest BCUT2D eigenvalue weighted by Crippen LogP contribution is 2.20. The summed E-state index contributed by atoms with van der Waals surface area (Å²) in [6.07, 6.45) is 1.16. The van der Waals surface area contributed by atoms with Crippen LogP contribution in [0, 0.1) is 0 Å². The average molecular weight is 460 g/mol. The summed E-state index contributed by atoms with van der Waals surface area (Å²) in [6.45, 7) is 0.398. The summed E-state index contributed by atoms with van der Waals surface area (Å²) in [4.78, 5) is 20.2. The van der Waals surface area contributed by atoms with Crippen molar-refractivity contribution in [3.8, 4) is 5.75 Å². The monoisotopic (exact) mass is 460 g/mol. The second-order valence-corrected chi connectivity index (χ2v) is 7.65. The Morgan fingerprint density at radius 3 is 2.41 bits per heavy atom. The molecule has 0 bridgehead atoms. The smallest absolute Gasteiger partial charge is 0.255 e. The number of rotatable bonds is 9. The number of aromatic nitrogens is 2. The van der Waals surface area contributed by atoms with Gasteiger partial charge in [0.25, 0.3) is 5.91 Å². The van der Waals surface area contributed by atoms with Crippen LogP contribution >= 0.6 is 0 Å². The van der Waals surface area contributed by atoms with Crippen molar-refractivity contribution in [1.82, 2.24) is 9.97 Å². The van der Waals surface area contributed by atoms with Gasteiger partial charge in [-0.25, -0.2) is 4.21 Å². The van der Waals surface area contributed by atoms with E-state index in [0.717, 1.165) is 0 Å². The maximum absolute atomic E-state index is 12.4. The van der Waals surface area contributed by atoms with Gasteiger partial charge in [0, 0.05) is 16.8 Å². The fraction of sp³-hybridized carbons (Fsp3) is 0.150. The van der Waals surface area contributed by atoms with Gasteiger partial charge in [-0.3, -0.25) is 4.79 Å². The largest absolute Gasteiger partial charge is 0.494 e. The zero-order valence-corrected chi connectivity index (χ0v) is 17.6. The van der Waals surface area contributed by atoms with Gasteiger partial charge in [-0.15, -0.1) is 0 Å². The van der Waals surface area contributed by atoms with E-state index in [1.54, 1.807) is 24.3 Å². The molecule has 0 saturated carbocycles. The van der Waals surface area contributed by atoms with E-state index in [9.17, 15) is 13.5 Å². The third-order valence-electron chi connectivity index (χ3n) is 4.39. The van der Waals surface area contributed by atoms with Crippen LogP contribution in [-0.4, -0.2) is 26.7 Å². The predicted octanol–water partition coefficient (Wildman–Crippen LogP) is 2.41. The van der Waals surface area contributed by atoms with Gasteiger partial charge < -0.3 is 27.3 Å². The molecule has 2 aromatic carbocycles. The Morgan fingerprint density at radius 1 is 1.06 bits per heavy atom. The molecule has 0 spiro atoms. The van der Waals surface area contributed by atoms with Crippen LogP contribution in [0.4, 0.5) is 27.8 Å². The number of carbonyl (C=O) groups is 1. The van der Waals surface area contributed by atoms with Gasteiger partial charge in [-0.05, 0) is 59.8 Å². The van der Waals surface area contributed by atoms with E-state index in [1.165, 1.54) is 24.3 Å². The van der Waals surface area contributed by atoms with Crippen molar-refractivity contribution >= 4 is 40.3 Å². The highest BCUT2D eigenvalue weighted by molar-refractivity contribution is 7.80. The Morgan fingerprint density at radius 2 is 1.75 bits per heavy atom. The molecule has 0 aliphatic carbocycles. The first-order chi connectivity index (χ1) is 15.4. The maximum Gasteiger partial charge on any atom is 0.255 e. The van der Waals surface area contributed by atoms with Crippen molar-refractivity contribution in [2.45, 2.75) is 17.7 Å². The molecule has 12 heteroatoms. The van der Waals surface area contributed by atoms with E-state index in [1.807, 2.05) is 0 Å². The van der Waals surface area contributed by atoms with E-state index in [4.69, 9.17) is 21.9 Å². The van der Waals surface area contributed by atoms with Gasteiger partial charge in [0.15, 0.2) is 0 Å². The highest BCUT2D eigenvalue weighted by Gasteiger charge is 2.11. The number of ether oxygens (including phenoxy) is 1. The Labute approximate surface area is 185 Å². The molecule has 3 aromatic rings. The van der Waals surface area contributed by atoms with Gasteiger partial charge in [-0.2, -0.15) is 9.97 Å². The fourth-order valence-electron chi connectivity index (χ4n) is 2.85. The molecule has 1 heterocycles. The van der Waals surface area contributed by atoms with E-state index in [0.29, 0.717) is 36.4 Å². The molecule has 1 aromatic heterocycles.